The van der Waals surface area contributed by atoms with E-state index in [-0.39, 0.29) is 0 Å². The molecule has 1 rings (SSSR count). The zero-order chi connectivity index (χ0) is 8.97. The average molecular weight is 186 g/mol. The van der Waals surface area contributed by atoms with E-state index in [2.05, 4.69) is 4.98 Å². The van der Waals surface area contributed by atoms with Crippen molar-refractivity contribution in [2.75, 3.05) is 12.5 Å². The number of aromatic nitrogens is 1. The molecule has 0 bridgehead atoms. The van der Waals surface area contributed by atoms with Crippen LogP contribution in [0.3, 0.4) is 0 Å². The Hall–Kier alpha value is -0.760. The largest absolute Gasteiger partial charge is 0.492 e. The number of rotatable bonds is 3. The van der Waals surface area contributed by atoms with Crippen molar-refractivity contribution in [1.29, 1.82) is 0 Å². The van der Waals surface area contributed by atoms with Gasteiger partial charge in [-0.1, -0.05) is 0 Å². The fourth-order valence-corrected chi connectivity index (χ4v) is 0.999. The van der Waals surface area contributed by atoms with Crippen molar-refractivity contribution < 1.29 is 4.74 Å². The summed E-state index contributed by atoms with van der Waals surface area (Å²) in [5.74, 6) is 1.39. The summed E-state index contributed by atoms with van der Waals surface area (Å²) < 4.78 is 5.39. The molecule has 0 N–H and O–H groups in total. The summed E-state index contributed by atoms with van der Waals surface area (Å²) in [6.07, 6.45) is 1.74. The van der Waals surface area contributed by atoms with E-state index >= 15 is 0 Å². The first-order valence-electron chi connectivity index (χ1n) is 3.86. The Kier molecular flexibility index (Phi) is 3.35. The summed E-state index contributed by atoms with van der Waals surface area (Å²) in [5.41, 5.74) is 2.09. The smallest absolute Gasteiger partial charge is 0.125 e. The summed E-state index contributed by atoms with van der Waals surface area (Å²) in [6.45, 7) is 4.50. The fourth-order valence-electron chi connectivity index (χ4n) is 0.922. The number of aryl methyl sites for hydroxylation is 1. The first-order chi connectivity index (χ1) is 5.75. The van der Waals surface area contributed by atoms with Gasteiger partial charge in [-0.15, -0.1) is 11.6 Å². The predicted octanol–water partition coefficient (Wildman–Crippen LogP) is 2.32. The van der Waals surface area contributed by atoms with Gasteiger partial charge < -0.3 is 4.74 Å². The minimum absolute atomic E-state index is 0.515. The molecule has 0 aliphatic rings. The van der Waals surface area contributed by atoms with Crippen molar-refractivity contribution in [3.63, 3.8) is 0 Å². The van der Waals surface area contributed by atoms with E-state index in [4.69, 9.17) is 16.3 Å². The van der Waals surface area contributed by atoms with E-state index in [1.807, 2.05) is 19.9 Å². The third-order valence-corrected chi connectivity index (χ3v) is 1.90. The first-order valence-corrected chi connectivity index (χ1v) is 4.40. The molecule has 3 heteroatoms. The molecule has 1 aromatic rings. The highest BCUT2D eigenvalue weighted by molar-refractivity contribution is 6.18. The van der Waals surface area contributed by atoms with Crippen molar-refractivity contribution in [2.45, 2.75) is 13.8 Å². The molecule has 1 aromatic heterocycles. The van der Waals surface area contributed by atoms with Crippen LogP contribution in [-0.4, -0.2) is 17.5 Å². The fraction of sp³-hybridized carbons (Fsp3) is 0.444. The average Bonchev–Trinajstić information content (AvgIpc) is 2.08. The summed E-state index contributed by atoms with van der Waals surface area (Å²) in [5, 5.41) is 0. The van der Waals surface area contributed by atoms with Crippen molar-refractivity contribution in [1.82, 2.24) is 4.98 Å². The molecule has 0 amide bonds. The monoisotopic (exact) mass is 185 g/mol. The predicted molar refractivity (Wildman–Crippen MR) is 49.9 cm³/mol. The highest BCUT2D eigenvalue weighted by Crippen LogP contribution is 2.18. The summed E-state index contributed by atoms with van der Waals surface area (Å²) >= 11 is 5.50. The van der Waals surface area contributed by atoms with Gasteiger partial charge >= 0.3 is 0 Å². The molecule has 0 aliphatic heterocycles. The molecule has 66 valence electrons. The number of hydrogen-bond donors (Lipinski definition) is 0. The minimum Gasteiger partial charge on any atom is -0.492 e. The molecule has 0 saturated carbocycles. The van der Waals surface area contributed by atoms with Crippen LogP contribution in [0.25, 0.3) is 0 Å². The molecule has 2 nitrogen and oxygen atoms in total. The van der Waals surface area contributed by atoms with Crippen molar-refractivity contribution in [3.05, 3.63) is 23.5 Å². The Balaban J connectivity index is 2.78. The lowest BCUT2D eigenvalue weighted by Gasteiger charge is -2.08. The van der Waals surface area contributed by atoms with Crippen LogP contribution in [0.1, 0.15) is 11.3 Å². The Morgan fingerprint density at radius 2 is 2.25 bits per heavy atom. The van der Waals surface area contributed by atoms with Gasteiger partial charge in [0.15, 0.2) is 0 Å². The molecule has 0 saturated heterocycles. The van der Waals surface area contributed by atoms with Crippen LogP contribution >= 0.6 is 11.6 Å². The highest BCUT2D eigenvalue weighted by Gasteiger charge is 2.01. The van der Waals surface area contributed by atoms with Gasteiger partial charge in [-0.05, 0) is 19.9 Å². The molecule has 0 fully saturated rings. The number of nitrogens with zero attached hydrogens (tertiary/aromatic N) is 1. The summed E-state index contributed by atoms with van der Waals surface area (Å²) in [6, 6.07) is 1.86. The van der Waals surface area contributed by atoms with E-state index in [1.165, 1.54) is 0 Å². The third-order valence-electron chi connectivity index (χ3n) is 1.74. The standard InChI is InChI=1S/C9H12ClNO/c1-7-8(2)11-5-3-9(7)12-6-4-10/h3,5H,4,6H2,1-2H3. The number of hydrogen-bond acceptors (Lipinski definition) is 2. The molecule has 0 atom stereocenters. The maximum absolute atomic E-state index is 5.50. The van der Waals surface area contributed by atoms with Crippen LogP contribution < -0.4 is 4.74 Å². The maximum Gasteiger partial charge on any atom is 0.125 e. The summed E-state index contributed by atoms with van der Waals surface area (Å²) in [4.78, 5) is 4.13. The molecular formula is C9H12ClNO. The van der Waals surface area contributed by atoms with Gasteiger partial charge in [-0.2, -0.15) is 0 Å². The Morgan fingerprint density at radius 1 is 1.50 bits per heavy atom. The van der Waals surface area contributed by atoms with Crippen LogP contribution in [0, 0.1) is 13.8 Å². The quantitative estimate of drug-likeness (QED) is 0.675. The second kappa shape index (κ2) is 4.31. The van der Waals surface area contributed by atoms with E-state index in [9.17, 15) is 0 Å². The van der Waals surface area contributed by atoms with Crippen LogP contribution in [0.2, 0.25) is 0 Å². The van der Waals surface area contributed by atoms with E-state index in [0.717, 1.165) is 17.0 Å². The molecule has 0 aliphatic carbocycles. The Labute approximate surface area is 77.5 Å². The molecule has 0 unspecified atom stereocenters. The zero-order valence-corrected chi connectivity index (χ0v) is 8.06. The maximum atomic E-state index is 5.50. The number of ether oxygens (including phenoxy) is 1. The summed E-state index contributed by atoms with van der Waals surface area (Å²) in [7, 11) is 0. The van der Waals surface area contributed by atoms with Crippen molar-refractivity contribution in [3.8, 4) is 5.75 Å². The van der Waals surface area contributed by atoms with Gasteiger partial charge in [0, 0.05) is 17.5 Å². The van der Waals surface area contributed by atoms with Gasteiger partial charge in [-0.25, -0.2) is 0 Å². The zero-order valence-electron chi connectivity index (χ0n) is 7.30. The topological polar surface area (TPSA) is 22.1 Å². The molecule has 0 spiro atoms. The van der Waals surface area contributed by atoms with Crippen LogP contribution in [-0.2, 0) is 0 Å². The lowest BCUT2D eigenvalue weighted by molar-refractivity contribution is 0.339. The van der Waals surface area contributed by atoms with E-state index in [0.29, 0.717) is 12.5 Å². The van der Waals surface area contributed by atoms with Crippen molar-refractivity contribution in [2.24, 2.45) is 0 Å². The second-order valence-corrected chi connectivity index (χ2v) is 2.93. The number of pyridine rings is 1. The van der Waals surface area contributed by atoms with Gasteiger partial charge in [-0.3, -0.25) is 4.98 Å². The molecule has 1 heterocycles. The molecule has 0 radical (unpaired) electrons. The van der Waals surface area contributed by atoms with Gasteiger partial charge in [0.05, 0.1) is 5.88 Å². The lowest BCUT2D eigenvalue weighted by Crippen LogP contribution is -2.01. The lowest BCUT2D eigenvalue weighted by atomic mass is 10.2. The normalized spacial score (nSPS) is 9.92. The third kappa shape index (κ3) is 2.11. The van der Waals surface area contributed by atoms with Crippen LogP contribution in [0.15, 0.2) is 12.3 Å². The van der Waals surface area contributed by atoms with Crippen molar-refractivity contribution >= 4 is 11.6 Å². The van der Waals surface area contributed by atoms with Gasteiger partial charge in [0.2, 0.25) is 0 Å². The number of halogens is 1. The SMILES string of the molecule is Cc1nccc(OCCCl)c1C. The minimum atomic E-state index is 0.515. The Bertz CT molecular complexity index is 263. The van der Waals surface area contributed by atoms with Gasteiger partial charge in [0.1, 0.15) is 12.4 Å². The van der Waals surface area contributed by atoms with E-state index < -0.39 is 0 Å². The van der Waals surface area contributed by atoms with Crippen LogP contribution in [0.5, 0.6) is 5.75 Å². The molecule has 0 aromatic carbocycles. The Morgan fingerprint density at radius 3 is 2.92 bits per heavy atom. The first kappa shape index (κ1) is 9.33. The highest BCUT2D eigenvalue weighted by atomic mass is 35.5. The second-order valence-electron chi connectivity index (χ2n) is 2.56. The van der Waals surface area contributed by atoms with Gasteiger partial charge in [0.25, 0.3) is 0 Å². The van der Waals surface area contributed by atoms with E-state index in [1.54, 1.807) is 6.20 Å². The molecule has 12 heavy (non-hydrogen) atoms. The molecular weight excluding hydrogens is 174 g/mol. The number of alkyl halides is 1. The van der Waals surface area contributed by atoms with Crippen LogP contribution in [0.4, 0.5) is 0 Å².